The van der Waals surface area contributed by atoms with Crippen molar-refractivity contribution in [2.75, 3.05) is 26.3 Å². The zero-order chi connectivity index (χ0) is 17.7. The van der Waals surface area contributed by atoms with Gasteiger partial charge in [0.05, 0.1) is 25.2 Å². The Morgan fingerprint density at radius 2 is 1.88 bits per heavy atom. The third-order valence-electron chi connectivity index (χ3n) is 3.74. The van der Waals surface area contributed by atoms with Gasteiger partial charge in [-0.1, -0.05) is 18.2 Å². The van der Waals surface area contributed by atoms with Gasteiger partial charge in [-0.2, -0.15) is 13.2 Å². The molecule has 1 atom stereocenters. The molecule has 24 heavy (non-hydrogen) atoms. The number of carbonyl (C=O) groups excluding carboxylic acids is 2. The number of amides is 2. The molecule has 0 unspecified atom stereocenters. The summed E-state index contributed by atoms with van der Waals surface area (Å²) in [5.41, 5.74) is -0.958. The van der Waals surface area contributed by atoms with E-state index in [-0.39, 0.29) is 11.5 Å². The summed E-state index contributed by atoms with van der Waals surface area (Å²) in [7, 11) is 0. The lowest BCUT2D eigenvalue weighted by atomic mass is 10.0. The van der Waals surface area contributed by atoms with Crippen LogP contribution in [0.5, 0.6) is 0 Å². The predicted molar refractivity (Wildman–Crippen MR) is 80.2 cm³/mol. The Kier molecular flexibility index (Phi) is 5.82. The minimum Gasteiger partial charge on any atom is -0.378 e. The summed E-state index contributed by atoms with van der Waals surface area (Å²) in [5.74, 6) is -0.892. The van der Waals surface area contributed by atoms with Crippen LogP contribution in [0.3, 0.4) is 0 Å². The molecule has 0 saturated carbocycles. The van der Waals surface area contributed by atoms with Crippen LogP contribution in [0, 0.1) is 0 Å². The number of halogens is 3. The predicted octanol–water partition coefficient (Wildman–Crippen LogP) is 1.61. The van der Waals surface area contributed by atoms with Crippen molar-refractivity contribution in [1.29, 1.82) is 0 Å². The average molecular weight is 344 g/mol. The smallest absolute Gasteiger partial charge is 0.378 e. The Labute approximate surface area is 137 Å². The van der Waals surface area contributed by atoms with Crippen molar-refractivity contribution in [1.82, 2.24) is 10.2 Å². The van der Waals surface area contributed by atoms with Gasteiger partial charge in [0.15, 0.2) is 0 Å². The quantitative estimate of drug-likeness (QED) is 0.903. The number of carbonyl (C=O) groups is 2. The van der Waals surface area contributed by atoms with Crippen LogP contribution in [-0.2, 0) is 26.9 Å². The summed E-state index contributed by atoms with van der Waals surface area (Å²) >= 11 is 0. The van der Waals surface area contributed by atoms with Crippen molar-refractivity contribution in [3.05, 3.63) is 35.4 Å². The first-order valence-corrected chi connectivity index (χ1v) is 7.60. The highest BCUT2D eigenvalue weighted by Crippen LogP contribution is 2.31. The van der Waals surface area contributed by atoms with Crippen LogP contribution in [0.4, 0.5) is 13.2 Å². The Hall–Kier alpha value is -2.09. The lowest BCUT2D eigenvalue weighted by Crippen LogP contribution is -2.50. The van der Waals surface area contributed by atoms with Gasteiger partial charge < -0.3 is 15.0 Å². The summed E-state index contributed by atoms with van der Waals surface area (Å²) in [6.45, 7) is 3.27. The minimum absolute atomic E-state index is 0.117. The van der Waals surface area contributed by atoms with Crippen molar-refractivity contribution in [2.45, 2.75) is 25.6 Å². The molecule has 1 N–H and O–H groups in total. The van der Waals surface area contributed by atoms with Crippen molar-refractivity contribution in [3.8, 4) is 0 Å². The molecule has 8 heteroatoms. The first-order valence-electron chi connectivity index (χ1n) is 7.60. The van der Waals surface area contributed by atoms with E-state index < -0.39 is 30.1 Å². The number of ether oxygens (including phenoxy) is 1. The SMILES string of the molecule is C[C@@H](NC(=O)Cc1ccccc1C(F)(F)F)C(=O)N1CCOCC1. The molecule has 0 radical (unpaired) electrons. The monoisotopic (exact) mass is 344 g/mol. The maximum absolute atomic E-state index is 12.9. The standard InChI is InChI=1S/C16H19F3N2O3/c1-11(15(23)21-6-8-24-9-7-21)20-14(22)10-12-4-2-3-5-13(12)16(17,18)19/h2-5,11H,6-10H2,1H3,(H,20,22)/t11-/m1/s1. The summed E-state index contributed by atoms with van der Waals surface area (Å²) in [4.78, 5) is 25.8. The van der Waals surface area contributed by atoms with Crippen molar-refractivity contribution >= 4 is 11.8 Å². The van der Waals surface area contributed by atoms with E-state index in [0.29, 0.717) is 26.3 Å². The van der Waals surface area contributed by atoms with Crippen molar-refractivity contribution in [2.24, 2.45) is 0 Å². The van der Waals surface area contributed by atoms with E-state index in [0.717, 1.165) is 6.07 Å². The van der Waals surface area contributed by atoms with E-state index in [2.05, 4.69) is 5.32 Å². The van der Waals surface area contributed by atoms with Crippen LogP contribution in [0.25, 0.3) is 0 Å². The van der Waals surface area contributed by atoms with Gasteiger partial charge in [0.2, 0.25) is 11.8 Å². The number of nitrogens with one attached hydrogen (secondary N) is 1. The van der Waals surface area contributed by atoms with Crippen LogP contribution in [-0.4, -0.2) is 49.1 Å². The van der Waals surface area contributed by atoms with Gasteiger partial charge in [-0.25, -0.2) is 0 Å². The fourth-order valence-electron chi connectivity index (χ4n) is 2.54. The number of rotatable bonds is 4. The van der Waals surface area contributed by atoms with Gasteiger partial charge in [0.1, 0.15) is 6.04 Å². The molecule has 0 spiro atoms. The summed E-state index contributed by atoms with van der Waals surface area (Å²) in [6, 6.07) is 4.12. The Morgan fingerprint density at radius 3 is 2.50 bits per heavy atom. The maximum Gasteiger partial charge on any atom is 0.416 e. The zero-order valence-corrected chi connectivity index (χ0v) is 13.2. The molecule has 0 aliphatic carbocycles. The normalized spacial score (nSPS) is 16.6. The lowest BCUT2D eigenvalue weighted by molar-refractivity contribution is -0.140. The molecule has 1 heterocycles. The molecule has 0 bridgehead atoms. The summed E-state index contributed by atoms with van der Waals surface area (Å²) in [5, 5.41) is 2.47. The molecule has 1 aromatic rings. The van der Waals surface area contributed by atoms with E-state index in [9.17, 15) is 22.8 Å². The summed E-state index contributed by atoms with van der Waals surface area (Å²) in [6.07, 6.45) is -4.96. The van der Waals surface area contributed by atoms with Crippen LogP contribution in [0.1, 0.15) is 18.1 Å². The van der Waals surface area contributed by atoms with Gasteiger partial charge in [0.25, 0.3) is 0 Å². The summed E-state index contributed by atoms with van der Waals surface area (Å²) < 4.78 is 43.9. The molecule has 132 valence electrons. The Balaban J connectivity index is 1.97. The Morgan fingerprint density at radius 1 is 1.25 bits per heavy atom. The maximum atomic E-state index is 12.9. The number of nitrogens with zero attached hydrogens (tertiary/aromatic N) is 1. The molecule has 2 rings (SSSR count). The molecule has 2 amide bonds. The zero-order valence-electron chi connectivity index (χ0n) is 13.2. The molecule has 1 aliphatic rings. The second kappa shape index (κ2) is 7.65. The molecule has 1 aromatic carbocycles. The van der Waals surface area contributed by atoms with Gasteiger partial charge in [0, 0.05) is 13.1 Å². The first kappa shape index (κ1) is 18.3. The van der Waals surface area contributed by atoms with E-state index in [4.69, 9.17) is 4.74 Å². The highest BCUT2D eigenvalue weighted by molar-refractivity contribution is 5.88. The van der Waals surface area contributed by atoms with E-state index in [1.807, 2.05) is 0 Å². The molecule has 0 aromatic heterocycles. The van der Waals surface area contributed by atoms with Gasteiger partial charge in [-0.15, -0.1) is 0 Å². The number of hydrogen-bond acceptors (Lipinski definition) is 3. The second-order valence-electron chi connectivity index (χ2n) is 5.56. The number of morpholine rings is 1. The first-order chi connectivity index (χ1) is 11.3. The molecular formula is C16H19F3N2O3. The average Bonchev–Trinajstić information content (AvgIpc) is 2.54. The van der Waals surface area contributed by atoms with Gasteiger partial charge >= 0.3 is 6.18 Å². The third kappa shape index (κ3) is 4.70. The Bertz CT molecular complexity index is 598. The highest BCUT2D eigenvalue weighted by atomic mass is 19.4. The third-order valence-corrected chi connectivity index (χ3v) is 3.74. The largest absolute Gasteiger partial charge is 0.416 e. The number of hydrogen-bond donors (Lipinski definition) is 1. The van der Waals surface area contributed by atoms with Gasteiger partial charge in [-0.3, -0.25) is 9.59 Å². The van der Waals surface area contributed by atoms with Crippen LogP contribution in [0.2, 0.25) is 0 Å². The molecule has 1 fully saturated rings. The molecule has 1 aliphatic heterocycles. The fourth-order valence-corrected chi connectivity index (χ4v) is 2.54. The van der Waals surface area contributed by atoms with Crippen LogP contribution < -0.4 is 5.32 Å². The number of alkyl halides is 3. The molecule has 1 saturated heterocycles. The fraction of sp³-hybridized carbons (Fsp3) is 0.500. The highest BCUT2D eigenvalue weighted by Gasteiger charge is 2.33. The van der Waals surface area contributed by atoms with E-state index in [1.165, 1.54) is 25.1 Å². The molecular weight excluding hydrogens is 325 g/mol. The lowest BCUT2D eigenvalue weighted by Gasteiger charge is -2.29. The van der Waals surface area contributed by atoms with E-state index in [1.54, 1.807) is 4.90 Å². The topological polar surface area (TPSA) is 58.6 Å². The van der Waals surface area contributed by atoms with Crippen LogP contribution >= 0.6 is 0 Å². The molecule has 5 nitrogen and oxygen atoms in total. The number of benzene rings is 1. The minimum atomic E-state index is -4.52. The van der Waals surface area contributed by atoms with Crippen LogP contribution in [0.15, 0.2) is 24.3 Å². The second-order valence-corrected chi connectivity index (χ2v) is 5.56. The van der Waals surface area contributed by atoms with Crippen molar-refractivity contribution < 1.29 is 27.5 Å². The van der Waals surface area contributed by atoms with E-state index >= 15 is 0 Å². The van der Waals surface area contributed by atoms with Gasteiger partial charge in [-0.05, 0) is 18.6 Å². The van der Waals surface area contributed by atoms with Crippen molar-refractivity contribution in [3.63, 3.8) is 0 Å².